The van der Waals surface area contributed by atoms with Gasteiger partial charge in [0.1, 0.15) is 11.8 Å². The van der Waals surface area contributed by atoms with Crippen LogP contribution in [-0.4, -0.2) is 51.8 Å². The maximum atomic E-state index is 14.7. The molecule has 210 valence electrons. The number of nitriles is 1. The van der Waals surface area contributed by atoms with Crippen LogP contribution in [0, 0.1) is 16.7 Å². The Kier molecular flexibility index (Phi) is 7.78. The highest BCUT2D eigenvalue weighted by molar-refractivity contribution is 9.10. The van der Waals surface area contributed by atoms with E-state index < -0.39 is 29.4 Å². The number of ether oxygens (including phenoxy) is 4. The molecule has 3 aromatic rings. The highest BCUT2D eigenvalue weighted by Gasteiger charge is 2.67. The molecule has 2 heterocycles. The molecule has 1 fully saturated rings. The summed E-state index contributed by atoms with van der Waals surface area (Å²) in [6, 6.07) is 18.6. The molecule has 2 aliphatic rings. The zero-order valence-corrected chi connectivity index (χ0v) is 24.7. The third kappa shape index (κ3) is 4.43. The van der Waals surface area contributed by atoms with E-state index in [9.17, 15) is 14.9 Å². The summed E-state index contributed by atoms with van der Waals surface area (Å²) in [5.74, 6) is -0.401. The number of nitrogens with zero attached hydrogens (tertiary/aromatic N) is 2. The number of hydrogen-bond acceptors (Lipinski definition) is 8. The van der Waals surface area contributed by atoms with Gasteiger partial charge in [-0.05, 0) is 70.4 Å². The second-order valence-electron chi connectivity index (χ2n) is 9.72. The second kappa shape index (κ2) is 11.3. The van der Waals surface area contributed by atoms with E-state index in [4.69, 9.17) is 18.9 Å². The topological polar surface area (TPSA) is 98.1 Å². The number of para-hydroxylation sites is 1. The minimum atomic E-state index is -1.76. The lowest BCUT2D eigenvalue weighted by molar-refractivity contribution is -0.152. The average molecular weight is 617 g/mol. The highest BCUT2D eigenvalue weighted by Crippen LogP contribution is 2.57. The smallest absolute Gasteiger partial charge is 0.329 e. The number of methoxy groups -OCH3 is 3. The second-order valence-corrected chi connectivity index (χ2v) is 10.6. The fraction of sp³-hybridized carbons (Fsp3) is 0.281. The molecule has 0 spiro atoms. The average Bonchev–Trinajstić information content (AvgIpc) is 3.32. The van der Waals surface area contributed by atoms with Crippen molar-refractivity contribution in [3.05, 3.63) is 87.9 Å². The number of hydrogen-bond donors (Lipinski definition) is 0. The minimum absolute atomic E-state index is 0.0813. The van der Waals surface area contributed by atoms with Gasteiger partial charge in [0.2, 0.25) is 0 Å². The van der Waals surface area contributed by atoms with Gasteiger partial charge in [-0.25, -0.2) is 0 Å². The van der Waals surface area contributed by atoms with Crippen LogP contribution in [0.1, 0.15) is 34.3 Å². The van der Waals surface area contributed by atoms with Crippen LogP contribution in [0.4, 0.5) is 5.69 Å². The van der Waals surface area contributed by atoms with Crippen molar-refractivity contribution >= 4 is 39.4 Å². The fourth-order valence-electron chi connectivity index (χ4n) is 6.03. The lowest BCUT2D eigenvalue weighted by Crippen LogP contribution is -2.47. The number of fused-ring (bicyclic) bond motifs is 3. The number of anilines is 1. The molecular formula is C32H29BrN2O6. The standard InChI is InChI=1S/C32H29BrN2O6/c1-5-41-31(37)32(18-34)27-15-12-19-8-6-7-9-23(19)35(27)29(30(36)21-11-13-24(38-2)22(33)16-21)28(32)20-10-14-25(39-3)26(17-20)40-4/h6-17,27-29H,5H2,1-4H3/t27-,28-,29+,32+/m1/s1. The van der Waals surface area contributed by atoms with Gasteiger partial charge in [0.15, 0.2) is 22.7 Å². The van der Waals surface area contributed by atoms with Gasteiger partial charge in [0.05, 0.1) is 44.5 Å². The minimum Gasteiger partial charge on any atom is -0.496 e. The van der Waals surface area contributed by atoms with E-state index in [1.165, 1.54) is 14.2 Å². The Hall–Kier alpha value is -4.29. The Bertz CT molecular complexity index is 1580. The molecular weight excluding hydrogens is 588 g/mol. The number of carbonyl (C=O) groups excluding carboxylic acids is 2. The number of Topliss-reactive ketones (excluding diaryl/α,β-unsaturated/α-hetero) is 1. The summed E-state index contributed by atoms with van der Waals surface area (Å²) in [4.78, 5) is 30.5. The number of ketones is 1. The van der Waals surface area contributed by atoms with Crippen LogP contribution >= 0.6 is 15.9 Å². The Morgan fingerprint density at radius 1 is 0.976 bits per heavy atom. The van der Waals surface area contributed by atoms with Crippen LogP contribution in [0.3, 0.4) is 0 Å². The number of esters is 1. The van der Waals surface area contributed by atoms with Crippen molar-refractivity contribution < 1.29 is 28.5 Å². The van der Waals surface area contributed by atoms with Crippen molar-refractivity contribution in [2.75, 3.05) is 32.8 Å². The van der Waals surface area contributed by atoms with Crippen molar-refractivity contribution in [3.8, 4) is 23.3 Å². The summed E-state index contributed by atoms with van der Waals surface area (Å²) in [7, 11) is 4.59. The molecule has 4 atom stereocenters. The number of rotatable bonds is 8. The predicted molar refractivity (Wildman–Crippen MR) is 158 cm³/mol. The Morgan fingerprint density at radius 3 is 2.34 bits per heavy atom. The zero-order valence-electron chi connectivity index (χ0n) is 23.1. The molecule has 2 aliphatic heterocycles. The summed E-state index contributed by atoms with van der Waals surface area (Å²) in [5, 5.41) is 10.9. The maximum absolute atomic E-state index is 14.7. The lowest BCUT2D eigenvalue weighted by atomic mass is 9.68. The number of halogens is 1. The van der Waals surface area contributed by atoms with E-state index in [2.05, 4.69) is 22.0 Å². The Labute approximate surface area is 247 Å². The van der Waals surface area contributed by atoms with Crippen LogP contribution in [0.2, 0.25) is 0 Å². The first-order valence-electron chi connectivity index (χ1n) is 13.1. The summed E-state index contributed by atoms with van der Waals surface area (Å²) < 4.78 is 22.6. The lowest BCUT2D eigenvalue weighted by Gasteiger charge is -2.36. The van der Waals surface area contributed by atoms with Crippen LogP contribution in [0.25, 0.3) is 6.08 Å². The van der Waals surface area contributed by atoms with Crippen molar-refractivity contribution in [1.29, 1.82) is 5.26 Å². The largest absolute Gasteiger partial charge is 0.496 e. The molecule has 0 N–H and O–H groups in total. The van der Waals surface area contributed by atoms with Gasteiger partial charge in [0, 0.05) is 17.2 Å². The molecule has 0 saturated carbocycles. The highest BCUT2D eigenvalue weighted by atomic mass is 79.9. The monoisotopic (exact) mass is 616 g/mol. The van der Waals surface area contributed by atoms with Crippen molar-refractivity contribution in [1.82, 2.24) is 0 Å². The normalized spacial score (nSPS) is 22.2. The third-order valence-corrected chi connectivity index (χ3v) is 8.43. The zero-order chi connectivity index (χ0) is 29.3. The summed E-state index contributed by atoms with van der Waals surface area (Å²) in [6.07, 6.45) is 3.72. The predicted octanol–water partition coefficient (Wildman–Crippen LogP) is 5.80. The molecule has 5 rings (SSSR count). The molecule has 3 aromatic carbocycles. The molecule has 0 radical (unpaired) electrons. The van der Waals surface area contributed by atoms with Crippen molar-refractivity contribution in [2.45, 2.75) is 24.9 Å². The molecule has 9 heteroatoms. The molecule has 0 aliphatic carbocycles. The first-order valence-corrected chi connectivity index (χ1v) is 13.9. The van der Waals surface area contributed by atoms with E-state index >= 15 is 0 Å². The van der Waals surface area contributed by atoms with E-state index in [0.717, 1.165) is 11.3 Å². The Balaban J connectivity index is 1.82. The Morgan fingerprint density at radius 2 is 1.68 bits per heavy atom. The molecule has 0 amide bonds. The van der Waals surface area contributed by atoms with E-state index in [-0.39, 0.29) is 12.4 Å². The number of carbonyl (C=O) groups is 2. The maximum Gasteiger partial charge on any atom is 0.329 e. The fourth-order valence-corrected chi connectivity index (χ4v) is 6.57. The molecule has 0 bridgehead atoms. The molecule has 0 aromatic heterocycles. The van der Waals surface area contributed by atoms with Crippen LogP contribution in [0.15, 0.2) is 71.2 Å². The number of benzene rings is 3. The first kappa shape index (κ1) is 28.2. The third-order valence-electron chi connectivity index (χ3n) is 7.82. The van der Waals surface area contributed by atoms with E-state index in [1.807, 2.05) is 41.3 Å². The van der Waals surface area contributed by atoms with Gasteiger partial charge >= 0.3 is 5.97 Å². The SMILES string of the molecule is CCOC(=O)[C@]1(C#N)[C@H](c2ccc(OC)c(OC)c2)[C@@H](C(=O)c2ccc(OC)c(Br)c2)N2c3ccccc3C=C[C@@H]21. The van der Waals surface area contributed by atoms with Gasteiger partial charge in [-0.1, -0.05) is 36.4 Å². The molecule has 1 saturated heterocycles. The van der Waals surface area contributed by atoms with E-state index in [0.29, 0.717) is 32.8 Å². The quantitative estimate of drug-likeness (QED) is 0.231. The van der Waals surface area contributed by atoms with Crippen molar-refractivity contribution in [2.24, 2.45) is 5.41 Å². The van der Waals surface area contributed by atoms with Crippen molar-refractivity contribution in [3.63, 3.8) is 0 Å². The van der Waals surface area contributed by atoms with Gasteiger partial charge < -0.3 is 23.8 Å². The van der Waals surface area contributed by atoms with Crippen LogP contribution in [-0.2, 0) is 9.53 Å². The molecule has 0 unspecified atom stereocenters. The van der Waals surface area contributed by atoms with Gasteiger partial charge in [0.25, 0.3) is 0 Å². The molecule has 8 nitrogen and oxygen atoms in total. The van der Waals surface area contributed by atoms with Crippen LogP contribution < -0.4 is 19.1 Å². The van der Waals surface area contributed by atoms with Gasteiger partial charge in [-0.15, -0.1) is 0 Å². The van der Waals surface area contributed by atoms with Gasteiger partial charge in [-0.3, -0.25) is 9.59 Å². The molecule has 41 heavy (non-hydrogen) atoms. The van der Waals surface area contributed by atoms with E-state index in [1.54, 1.807) is 50.4 Å². The van der Waals surface area contributed by atoms with Gasteiger partial charge in [-0.2, -0.15) is 5.26 Å². The van der Waals surface area contributed by atoms with Crippen LogP contribution in [0.5, 0.6) is 17.2 Å². The summed E-state index contributed by atoms with van der Waals surface area (Å²) in [6.45, 7) is 1.78. The summed E-state index contributed by atoms with van der Waals surface area (Å²) >= 11 is 3.49. The summed E-state index contributed by atoms with van der Waals surface area (Å²) in [5.41, 5.74) is 0.836. The first-order chi connectivity index (χ1) is 19.9.